The van der Waals surface area contributed by atoms with E-state index in [4.69, 9.17) is 33.2 Å². The first-order chi connectivity index (χ1) is 34.7. The van der Waals surface area contributed by atoms with Crippen molar-refractivity contribution < 1.29 is 67.0 Å². The molecule has 10 bridgehead atoms. The Morgan fingerprint density at radius 1 is 0.676 bits per heavy atom. The van der Waals surface area contributed by atoms with Gasteiger partial charge >= 0.3 is 35.8 Å². The lowest BCUT2D eigenvalue weighted by Crippen LogP contribution is -2.60. The van der Waals surface area contributed by atoms with Crippen LogP contribution in [-0.2, 0) is 61.9 Å². The van der Waals surface area contributed by atoms with Crippen LogP contribution in [0.4, 0.5) is 0 Å². The Kier molecular flexibility index (Phi) is 19.2. The minimum absolute atomic E-state index is 0.0646. The number of ether oxygens (including phenoxy) is 7. The Morgan fingerprint density at radius 3 is 1.68 bits per heavy atom. The minimum Gasteiger partial charge on any atom is -0.458 e. The monoisotopic (exact) mass is 1030 g/mol. The maximum Gasteiger partial charge on any atom is 0.335 e. The molecule has 12 rings (SSSR count). The molecule has 412 valence electrons. The van der Waals surface area contributed by atoms with E-state index in [0.717, 1.165) is 69.6 Å². The summed E-state index contributed by atoms with van der Waals surface area (Å²) < 4.78 is 37.6. The van der Waals surface area contributed by atoms with Gasteiger partial charge in [-0.3, -0.25) is 4.79 Å². The van der Waals surface area contributed by atoms with Crippen LogP contribution < -0.4 is 0 Å². The summed E-state index contributed by atoms with van der Waals surface area (Å²) in [5.74, 6) is 3.33. The number of hydrogen-bond acceptors (Lipinski definition) is 14. The van der Waals surface area contributed by atoms with E-state index < -0.39 is 11.2 Å². The fraction of sp³-hybridized carbons (Fsp3) is 0.733. The predicted octanol–water partition coefficient (Wildman–Crippen LogP) is 10.9. The number of carbonyl (C=O) groups is 6. The molecule has 0 aromatic rings. The van der Waals surface area contributed by atoms with Gasteiger partial charge in [-0.15, -0.1) is 0 Å². The normalized spacial score (nSPS) is 35.2. The highest BCUT2D eigenvalue weighted by molar-refractivity contribution is 5.88. The van der Waals surface area contributed by atoms with Gasteiger partial charge in [0, 0.05) is 46.6 Å². The summed E-state index contributed by atoms with van der Waals surface area (Å²) in [6.45, 7) is 31.9. The molecule has 1 saturated heterocycles. The summed E-state index contributed by atoms with van der Waals surface area (Å²) in [5, 5.41) is 10.4. The molecule has 1 N–H and O–H groups in total. The van der Waals surface area contributed by atoms with E-state index in [1.807, 2.05) is 20.8 Å². The van der Waals surface area contributed by atoms with Crippen molar-refractivity contribution in [2.24, 2.45) is 53.3 Å². The second-order valence-electron chi connectivity index (χ2n) is 25.0. The Bertz CT molecular complexity index is 2110. The Labute approximate surface area is 440 Å². The molecule has 11 aliphatic carbocycles. The van der Waals surface area contributed by atoms with E-state index in [0.29, 0.717) is 64.4 Å². The van der Waals surface area contributed by atoms with Crippen LogP contribution in [0, 0.1) is 53.3 Å². The van der Waals surface area contributed by atoms with Crippen molar-refractivity contribution in [1.29, 1.82) is 0 Å². The zero-order valence-corrected chi connectivity index (χ0v) is 45.9. The van der Waals surface area contributed by atoms with Gasteiger partial charge in [-0.2, -0.15) is 0 Å². The van der Waals surface area contributed by atoms with Crippen molar-refractivity contribution in [3.63, 3.8) is 0 Å². The van der Waals surface area contributed by atoms with Crippen molar-refractivity contribution in [2.45, 2.75) is 218 Å². The molecule has 1 aliphatic heterocycles. The smallest absolute Gasteiger partial charge is 0.335 e. The highest BCUT2D eigenvalue weighted by Crippen LogP contribution is 2.59. The minimum atomic E-state index is -0.564. The maximum atomic E-state index is 11.5. The molecule has 74 heavy (non-hydrogen) atoms. The van der Waals surface area contributed by atoms with Gasteiger partial charge < -0.3 is 38.3 Å². The van der Waals surface area contributed by atoms with E-state index in [-0.39, 0.29) is 77.9 Å². The summed E-state index contributed by atoms with van der Waals surface area (Å²) in [6, 6.07) is 0. The number of rotatable bonds is 12. The highest BCUT2D eigenvalue weighted by atomic mass is 16.7. The maximum absolute atomic E-state index is 11.5. The molecule has 0 spiro atoms. The molecular weight excluding hydrogens is 945 g/mol. The number of hydrogen-bond donors (Lipinski definition) is 1. The number of carbonyl (C=O) groups excluding carboxylic acids is 6. The molecule has 0 aromatic heterocycles. The SMILES string of the molecule is C=C(C)C(=O)OC(C)(C)C.C=C(C)C(=O)OC1(CC)CCCCC1.C=C(C)C(=O)OC1C2CC3C(=O)OC1C3C2.C=C(C)C(=O)OCOC1C2CC3CC(C2)CC1C3.C=CC(=O)OC12CC3CC(CC(O)(C3)C1)C2. The van der Waals surface area contributed by atoms with E-state index in [1.54, 1.807) is 27.7 Å². The van der Waals surface area contributed by atoms with Gasteiger partial charge in [0.25, 0.3) is 0 Å². The molecule has 0 aromatic carbocycles. The molecular formula is C60H88O14. The van der Waals surface area contributed by atoms with Crippen LogP contribution in [0.25, 0.3) is 0 Å². The summed E-state index contributed by atoms with van der Waals surface area (Å²) in [6.07, 6.45) is 21.7. The standard InChI is InChI=1S/C15H22O3.C13H18O3.C12H14O4.C12H20O2.C8H14O2/c1-9(2)15(16)18-8-17-14-12-4-10-3-11(6-12)7-13(14)5-10;1-2-11(14)16-13-6-9-3-10(7-13)5-12(15,4-9)8-13;1-5(2)11(13)15-9-6-3-7-8(4-6)12(14)16-10(7)9;1-4-12(8-6-5-7-9-12)14-11(13)10(2)3;1-6(2)7(9)10-8(3,4)5/h10-14H,1,3-8H2,2H3;2,9-10,15H,1,3-8H2;6-10H,1,3-4H2,2H3;2,4-9H2,1,3H3;1H2,2-5H3. The van der Waals surface area contributed by atoms with Crippen LogP contribution in [0.3, 0.4) is 0 Å². The summed E-state index contributed by atoms with van der Waals surface area (Å²) in [4.78, 5) is 67.9. The molecule has 7 unspecified atom stereocenters. The molecule has 0 amide bonds. The summed E-state index contributed by atoms with van der Waals surface area (Å²) >= 11 is 0. The largest absolute Gasteiger partial charge is 0.458 e. The molecule has 14 heteroatoms. The lowest BCUT2D eigenvalue weighted by Gasteiger charge is -2.59. The average Bonchev–Trinajstić information content (AvgIpc) is 3.95. The van der Waals surface area contributed by atoms with Crippen molar-refractivity contribution >= 4 is 35.8 Å². The van der Waals surface area contributed by atoms with E-state index in [1.165, 1.54) is 63.9 Å². The van der Waals surface area contributed by atoms with Gasteiger partial charge in [0.1, 0.15) is 29.0 Å². The molecule has 1 heterocycles. The highest BCUT2D eigenvalue weighted by Gasteiger charge is 2.63. The molecule has 12 fully saturated rings. The first-order valence-electron chi connectivity index (χ1n) is 27.5. The van der Waals surface area contributed by atoms with Gasteiger partial charge in [0.2, 0.25) is 0 Å². The lowest BCUT2D eigenvalue weighted by molar-refractivity contribution is -0.216. The average molecular weight is 1030 g/mol. The second-order valence-corrected chi connectivity index (χ2v) is 25.0. The van der Waals surface area contributed by atoms with Gasteiger partial charge in [-0.25, -0.2) is 24.0 Å². The van der Waals surface area contributed by atoms with Crippen LogP contribution >= 0.6 is 0 Å². The van der Waals surface area contributed by atoms with Crippen molar-refractivity contribution in [3.8, 4) is 0 Å². The third-order valence-corrected chi connectivity index (χ3v) is 17.2. The summed E-state index contributed by atoms with van der Waals surface area (Å²) in [7, 11) is 0. The first-order valence-corrected chi connectivity index (χ1v) is 27.5. The van der Waals surface area contributed by atoms with E-state index in [9.17, 15) is 33.9 Å². The fourth-order valence-corrected chi connectivity index (χ4v) is 14.6. The van der Waals surface area contributed by atoms with Crippen molar-refractivity contribution in [2.75, 3.05) is 6.79 Å². The molecule has 12 aliphatic rings. The Hall–Kier alpha value is -4.56. The van der Waals surface area contributed by atoms with Crippen LogP contribution in [0.1, 0.15) is 177 Å². The third-order valence-electron chi connectivity index (χ3n) is 17.2. The second kappa shape index (κ2) is 24.2. The quantitative estimate of drug-likeness (QED) is 0.0841. The van der Waals surface area contributed by atoms with Crippen LogP contribution in [0.5, 0.6) is 0 Å². The van der Waals surface area contributed by atoms with Gasteiger partial charge in [-0.1, -0.05) is 46.2 Å². The Morgan fingerprint density at radius 2 is 1.20 bits per heavy atom. The van der Waals surface area contributed by atoms with Crippen molar-refractivity contribution in [1.82, 2.24) is 0 Å². The summed E-state index contributed by atoms with van der Waals surface area (Å²) in [5.41, 5.74) is 0.227. The van der Waals surface area contributed by atoms with E-state index in [2.05, 4.69) is 39.8 Å². The van der Waals surface area contributed by atoms with Gasteiger partial charge in [-0.05, 0) is 193 Å². The zero-order valence-electron chi connectivity index (χ0n) is 45.9. The van der Waals surface area contributed by atoms with Gasteiger partial charge in [0.05, 0.1) is 17.6 Å². The molecule has 14 nitrogen and oxygen atoms in total. The first kappa shape index (κ1) is 58.7. The predicted molar refractivity (Wildman–Crippen MR) is 278 cm³/mol. The molecule has 7 atom stereocenters. The lowest BCUT2D eigenvalue weighted by atomic mass is 9.52. The molecule has 0 radical (unpaired) electrons. The fourth-order valence-electron chi connectivity index (χ4n) is 14.6. The number of fused-ring (bicyclic) bond motifs is 1. The van der Waals surface area contributed by atoms with Crippen LogP contribution in [-0.4, -0.2) is 88.4 Å². The van der Waals surface area contributed by atoms with Crippen LogP contribution in [0.15, 0.2) is 61.3 Å². The number of esters is 6. The topological polar surface area (TPSA) is 187 Å². The Balaban J connectivity index is 0.000000153. The van der Waals surface area contributed by atoms with E-state index >= 15 is 0 Å². The van der Waals surface area contributed by atoms with Crippen molar-refractivity contribution in [3.05, 3.63) is 61.3 Å². The van der Waals surface area contributed by atoms with Gasteiger partial charge in [0.15, 0.2) is 6.79 Å². The number of aliphatic hydroxyl groups is 1. The third kappa shape index (κ3) is 14.9. The van der Waals surface area contributed by atoms with Crippen LogP contribution in [0.2, 0.25) is 0 Å². The molecule has 11 saturated carbocycles. The zero-order chi connectivity index (χ0) is 54.5.